The first-order valence-corrected chi connectivity index (χ1v) is 19.7. The zero-order chi connectivity index (χ0) is 36.5. The third kappa shape index (κ3) is 7.83. The molecule has 3 fully saturated rings. The van der Waals surface area contributed by atoms with Gasteiger partial charge in [-0.1, -0.05) is 43.2 Å². The van der Waals surface area contributed by atoms with Crippen molar-refractivity contribution in [1.29, 1.82) is 0 Å². The van der Waals surface area contributed by atoms with E-state index < -0.39 is 68.5 Å². The molecule has 15 heteroatoms. The number of fused-ring (bicyclic) bond motifs is 8. The van der Waals surface area contributed by atoms with Crippen LogP contribution in [0.25, 0.3) is 11.3 Å². The standard InChI is InChI=1S/C37H44N6O8S/c44-32-15-8-18-51-26-11-6-9-23(19-26)28-13-7-14-29(39-28)33(45)38-25-20-31-34(46)41-37(36(48)42-52(49,50)27-16-17-27)21-24(37)10-4-2-1-3-5-12-30(40-32)35(47)43(31)22-25/h4,6-7,9-11,13-14,19,24-25,27,30-31H,1-3,5,8,12,15-18,20-22H2,(H,38,45)(H,40,44)(H,41,46)(H,42,48)/b10-4-/t24-,25-,30+,31+,37?/m1/s1. The summed E-state index contributed by atoms with van der Waals surface area (Å²) in [6.07, 6.45) is 8.74. The first kappa shape index (κ1) is 35.6. The first-order chi connectivity index (χ1) is 25.0. The molecule has 1 saturated heterocycles. The molecule has 276 valence electrons. The van der Waals surface area contributed by atoms with Crippen molar-refractivity contribution in [2.24, 2.45) is 5.92 Å². The van der Waals surface area contributed by atoms with Gasteiger partial charge in [-0.25, -0.2) is 13.4 Å². The minimum absolute atomic E-state index is 0.0246. The van der Waals surface area contributed by atoms with Crippen molar-refractivity contribution in [1.82, 2.24) is 30.6 Å². The minimum Gasteiger partial charge on any atom is -0.494 e. The van der Waals surface area contributed by atoms with Gasteiger partial charge in [-0.05, 0) is 75.6 Å². The molecular formula is C37H44N6O8S. The second-order valence-electron chi connectivity index (χ2n) is 14.4. The highest BCUT2D eigenvalue weighted by Crippen LogP contribution is 2.46. The summed E-state index contributed by atoms with van der Waals surface area (Å²) in [6, 6.07) is 9.68. The van der Waals surface area contributed by atoms with Crippen molar-refractivity contribution in [3.05, 3.63) is 60.3 Å². The van der Waals surface area contributed by atoms with Crippen molar-refractivity contribution in [2.75, 3.05) is 13.2 Å². The van der Waals surface area contributed by atoms with Crippen LogP contribution in [0.15, 0.2) is 54.6 Å². The van der Waals surface area contributed by atoms with Crippen LogP contribution in [0.3, 0.4) is 0 Å². The van der Waals surface area contributed by atoms with Crippen LogP contribution in [0.4, 0.5) is 0 Å². The van der Waals surface area contributed by atoms with E-state index in [0.717, 1.165) is 18.4 Å². The number of amides is 5. The maximum absolute atomic E-state index is 14.4. The Bertz CT molecular complexity index is 1900. The second kappa shape index (κ2) is 14.7. The summed E-state index contributed by atoms with van der Waals surface area (Å²) in [7, 11) is -3.89. The molecule has 7 rings (SSSR count). The molecule has 2 aliphatic carbocycles. The molecule has 4 heterocycles. The molecule has 14 nitrogen and oxygen atoms in total. The number of hydrogen-bond donors (Lipinski definition) is 4. The van der Waals surface area contributed by atoms with Crippen molar-refractivity contribution in [3.8, 4) is 17.0 Å². The number of nitrogens with zero attached hydrogens (tertiary/aromatic N) is 2. The van der Waals surface area contributed by atoms with Crippen molar-refractivity contribution in [2.45, 2.75) is 99.5 Å². The number of aromatic nitrogens is 1. The Morgan fingerprint density at radius 3 is 2.60 bits per heavy atom. The highest BCUT2D eigenvalue weighted by atomic mass is 32.2. The van der Waals surface area contributed by atoms with Gasteiger partial charge in [-0.2, -0.15) is 0 Å². The summed E-state index contributed by atoms with van der Waals surface area (Å²) >= 11 is 0. The van der Waals surface area contributed by atoms with Crippen LogP contribution in [-0.2, 0) is 29.2 Å². The van der Waals surface area contributed by atoms with E-state index in [-0.39, 0.29) is 44.0 Å². The molecule has 2 aromatic rings. The molecule has 5 atom stereocenters. The van der Waals surface area contributed by atoms with Crippen molar-refractivity contribution >= 4 is 39.6 Å². The van der Waals surface area contributed by atoms with Crippen LogP contribution in [0, 0.1) is 5.92 Å². The van der Waals surface area contributed by atoms with Gasteiger partial charge in [0.15, 0.2) is 0 Å². The van der Waals surface area contributed by atoms with E-state index in [0.29, 0.717) is 50.0 Å². The highest BCUT2D eigenvalue weighted by Gasteiger charge is 2.62. The molecule has 1 aromatic carbocycles. The van der Waals surface area contributed by atoms with Crippen LogP contribution in [0.1, 0.15) is 81.1 Å². The quantitative estimate of drug-likeness (QED) is 0.342. The van der Waals surface area contributed by atoms with Gasteiger partial charge in [0, 0.05) is 30.5 Å². The largest absolute Gasteiger partial charge is 0.494 e. The van der Waals surface area contributed by atoms with Gasteiger partial charge in [-0.3, -0.25) is 28.7 Å². The van der Waals surface area contributed by atoms with Crippen LogP contribution in [0.5, 0.6) is 5.75 Å². The smallest absolute Gasteiger partial charge is 0.270 e. The van der Waals surface area contributed by atoms with Gasteiger partial charge in [0.2, 0.25) is 27.7 Å². The normalized spacial score (nSPS) is 29.3. The average molecular weight is 733 g/mol. The number of carbonyl (C=O) groups is 5. The average Bonchev–Trinajstić information content (AvgIpc) is 4.05. The molecule has 7 bridgehead atoms. The predicted molar refractivity (Wildman–Crippen MR) is 189 cm³/mol. The van der Waals surface area contributed by atoms with Crippen molar-refractivity contribution < 1.29 is 37.1 Å². The van der Waals surface area contributed by atoms with Crippen molar-refractivity contribution in [3.63, 3.8) is 0 Å². The van der Waals surface area contributed by atoms with E-state index in [1.165, 1.54) is 4.90 Å². The lowest BCUT2D eigenvalue weighted by molar-refractivity contribution is -0.142. The Morgan fingerprint density at radius 2 is 1.77 bits per heavy atom. The molecule has 1 unspecified atom stereocenters. The fourth-order valence-corrected chi connectivity index (χ4v) is 8.68. The maximum atomic E-state index is 14.4. The summed E-state index contributed by atoms with van der Waals surface area (Å²) in [4.78, 5) is 75.0. The monoisotopic (exact) mass is 732 g/mol. The molecule has 1 aromatic heterocycles. The number of sulfonamides is 1. The molecule has 3 aliphatic heterocycles. The Hall–Kier alpha value is -4.79. The Morgan fingerprint density at radius 1 is 0.962 bits per heavy atom. The predicted octanol–water partition coefficient (Wildman–Crippen LogP) is 2.11. The Labute approximate surface area is 302 Å². The van der Waals surface area contributed by atoms with Crippen LogP contribution in [-0.4, -0.2) is 89.9 Å². The number of ether oxygens (including phenoxy) is 1. The highest BCUT2D eigenvalue weighted by molar-refractivity contribution is 7.91. The zero-order valence-electron chi connectivity index (χ0n) is 28.8. The summed E-state index contributed by atoms with van der Waals surface area (Å²) in [5.74, 6) is -2.57. The van der Waals surface area contributed by atoms with E-state index in [2.05, 4.69) is 25.7 Å². The molecule has 0 radical (unpaired) electrons. The van der Waals surface area contributed by atoms with Gasteiger partial charge in [0.25, 0.3) is 11.8 Å². The number of carbonyl (C=O) groups excluding carboxylic acids is 5. The second-order valence-corrected chi connectivity index (χ2v) is 16.4. The molecule has 5 aliphatic rings. The Kier molecular flexibility index (Phi) is 10.1. The van der Waals surface area contributed by atoms with Gasteiger partial charge in [0.05, 0.1) is 17.6 Å². The number of allylic oxidation sites excluding steroid dienone is 1. The molecule has 2 saturated carbocycles. The Balaban J connectivity index is 1.20. The molecule has 4 N–H and O–H groups in total. The van der Waals surface area contributed by atoms with Gasteiger partial charge < -0.3 is 25.6 Å². The summed E-state index contributed by atoms with van der Waals surface area (Å²) in [5, 5.41) is 8.06. The van der Waals surface area contributed by atoms with E-state index >= 15 is 0 Å². The summed E-state index contributed by atoms with van der Waals surface area (Å²) < 4.78 is 33.7. The van der Waals surface area contributed by atoms with Gasteiger partial charge in [-0.15, -0.1) is 0 Å². The van der Waals surface area contributed by atoms with Gasteiger partial charge in [0.1, 0.15) is 29.1 Å². The van der Waals surface area contributed by atoms with E-state index in [1.807, 2.05) is 30.4 Å². The van der Waals surface area contributed by atoms with Crippen LogP contribution >= 0.6 is 0 Å². The molecular weight excluding hydrogens is 689 g/mol. The fraction of sp³-hybridized carbons (Fsp3) is 0.514. The summed E-state index contributed by atoms with van der Waals surface area (Å²) in [5.41, 5.74) is -0.0757. The number of benzene rings is 1. The number of hydrogen-bond acceptors (Lipinski definition) is 9. The number of nitrogens with one attached hydrogen (secondary N) is 4. The van der Waals surface area contributed by atoms with Gasteiger partial charge >= 0.3 is 0 Å². The SMILES string of the molecule is O=C1CCCOc2cccc(c2)-c2cccc(n2)C(=O)N[C@@H]2C[C@H]3C(=O)NC4(C(=O)NS(=O)(=O)C5CC5)C[C@H]4/C=C\CCCCC[C@H](N1)C(=O)N3C2. The zero-order valence-corrected chi connectivity index (χ0v) is 29.7. The van der Waals surface area contributed by atoms with E-state index in [9.17, 15) is 32.4 Å². The number of pyridine rings is 1. The fourth-order valence-electron chi connectivity index (χ4n) is 7.32. The molecule has 5 amide bonds. The van der Waals surface area contributed by atoms with E-state index in [4.69, 9.17) is 4.74 Å². The van der Waals surface area contributed by atoms with Crippen LogP contribution in [0.2, 0.25) is 0 Å². The topological polar surface area (TPSA) is 193 Å². The molecule has 52 heavy (non-hydrogen) atoms. The van der Waals surface area contributed by atoms with E-state index in [1.54, 1.807) is 24.3 Å². The minimum atomic E-state index is -3.89. The molecule has 0 spiro atoms. The number of rotatable bonds is 3. The van der Waals surface area contributed by atoms with Crippen LogP contribution < -0.4 is 25.4 Å². The first-order valence-electron chi connectivity index (χ1n) is 18.2. The lowest BCUT2D eigenvalue weighted by atomic mass is 10.0. The third-order valence-electron chi connectivity index (χ3n) is 10.5. The lowest BCUT2D eigenvalue weighted by Gasteiger charge is -2.30. The summed E-state index contributed by atoms with van der Waals surface area (Å²) in [6.45, 7) is 0.233. The maximum Gasteiger partial charge on any atom is 0.270 e. The third-order valence-corrected chi connectivity index (χ3v) is 12.3. The lowest BCUT2D eigenvalue weighted by Crippen LogP contribution is -2.58.